The van der Waals surface area contributed by atoms with Gasteiger partial charge in [-0.1, -0.05) is 27.7 Å². The van der Waals surface area contributed by atoms with E-state index in [-0.39, 0.29) is 103 Å². The van der Waals surface area contributed by atoms with Crippen LogP contribution < -0.4 is 20.9 Å². The number of primary amides is 1. The molecule has 8 rings (SSSR count). The highest BCUT2D eigenvalue weighted by atomic mass is 16.6. The number of hydrogen-bond donors (Lipinski definition) is 5. The van der Waals surface area contributed by atoms with Crippen LogP contribution in [0.25, 0.3) is 33.2 Å². The quantitative estimate of drug-likeness (QED) is 0.0509. The number of anilines is 1. The number of fused-ring (bicyclic) bond motifs is 5. The standard InChI is InChI=1S/C50H54N8O10/c1-7-32-34-18-31(10-11-39(34)53-45-36(32)23-57-41(45)20-38(50(6,66)8-2)37(47(57)63)25-67-26-59)68-49(65)56-16-15-55(22-28(56)5)44(62)24-54-14-13-29-17-30(9-12-40(29)54)58(48(52)64)46(51)35-19-33(27(3)4)42(60)21-43(35)61/h9-14,17-21,26-28,51,60-61,66H,7-8,15-16,22-25H2,1-6H3,(H2,52,64). The average molecular weight is 927 g/mol. The number of aryl methyl sites for hydroxylation is 1. The van der Waals surface area contributed by atoms with Crippen molar-refractivity contribution in [3.63, 3.8) is 0 Å². The van der Waals surface area contributed by atoms with Gasteiger partial charge in [-0.05, 0) is 104 Å². The van der Waals surface area contributed by atoms with Crippen LogP contribution in [-0.4, -0.2) is 95.3 Å². The van der Waals surface area contributed by atoms with E-state index in [0.717, 1.165) is 27.5 Å². The number of piperazine rings is 1. The molecule has 2 atom stereocenters. The molecule has 4 amide bonds. The molecular formula is C50H54N8O10. The van der Waals surface area contributed by atoms with E-state index < -0.39 is 17.7 Å². The van der Waals surface area contributed by atoms with Crippen LogP contribution in [0.4, 0.5) is 15.3 Å². The molecule has 1 saturated heterocycles. The Morgan fingerprint density at radius 3 is 2.47 bits per heavy atom. The van der Waals surface area contributed by atoms with E-state index in [1.165, 1.54) is 6.07 Å². The fourth-order valence-corrected chi connectivity index (χ4v) is 9.38. The molecular weight excluding hydrogens is 873 g/mol. The number of phenolic OH excluding ortho intramolecular Hbond substituents is 2. The molecule has 1 fully saturated rings. The van der Waals surface area contributed by atoms with Gasteiger partial charge in [-0.25, -0.2) is 19.5 Å². The average Bonchev–Trinajstić information content (AvgIpc) is 3.88. The minimum absolute atomic E-state index is 0.000497. The summed E-state index contributed by atoms with van der Waals surface area (Å²) in [4.78, 5) is 74.4. The number of carbonyl (C=O) groups excluding carboxylic acids is 4. The Morgan fingerprint density at radius 1 is 1.03 bits per heavy atom. The summed E-state index contributed by atoms with van der Waals surface area (Å²) in [7, 11) is 0. The SMILES string of the molecule is CCc1c2c(nc3ccc(OC(=O)N4CCN(C(=O)Cn5ccc6cc(N(C(=N)c7cc(C(C)C)c(O)cc7O)C(N)=O)ccc65)CC4C)cc13)-c1cc(C(C)(O)CC)c(COC=O)c(=O)n1C2. The molecule has 6 N–H and O–H groups in total. The monoisotopic (exact) mass is 926 g/mol. The third-order valence-electron chi connectivity index (χ3n) is 13.3. The number of ether oxygens (including phenoxy) is 2. The predicted octanol–water partition coefficient (Wildman–Crippen LogP) is 6.41. The molecule has 0 bridgehead atoms. The van der Waals surface area contributed by atoms with Crippen LogP contribution in [0.2, 0.25) is 0 Å². The number of nitrogens with one attached hydrogen (secondary N) is 1. The number of aliphatic hydroxyl groups is 1. The number of hydrogen-bond acceptors (Lipinski definition) is 12. The zero-order valence-electron chi connectivity index (χ0n) is 38.7. The van der Waals surface area contributed by atoms with E-state index in [9.17, 15) is 39.3 Å². The summed E-state index contributed by atoms with van der Waals surface area (Å²) < 4.78 is 14.3. The fourth-order valence-electron chi connectivity index (χ4n) is 9.38. The highest BCUT2D eigenvalue weighted by Gasteiger charge is 2.35. The number of aromatic hydroxyl groups is 2. The summed E-state index contributed by atoms with van der Waals surface area (Å²) in [5.41, 5.74) is 9.64. The molecule has 2 aliphatic rings. The Hall–Kier alpha value is -7.73. The molecule has 68 heavy (non-hydrogen) atoms. The summed E-state index contributed by atoms with van der Waals surface area (Å²) in [5, 5.41) is 42.5. The Balaban J connectivity index is 0.945. The summed E-state index contributed by atoms with van der Waals surface area (Å²) in [6.07, 6.45) is 2.09. The normalized spacial score (nSPS) is 15.3. The van der Waals surface area contributed by atoms with Crippen molar-refractivity contribution in [3.05, 3.63) is 111 Å². The number of phenols is 2. The number of amidine groups is 1. The zero-order chi connectivity index (χ0) is 48.9. The molecule has 0 radical (unpaired) electrons. The smallest absolute Gasteiger partial charge is 0.415 e. The third kappa shape index (κ3) is 8.35. The lowest BCUT2D eigenvalue weighted by atomic mass is 9.89. The molecule has 2 unspecified atom stereocenters. The number of nitrogens with two attached hydrogens (primary N) is 1. The molecule has 2 aliphatic heterocycles. The van der Waals surface area contributed by atoms with Gasteiger partial charge in [-0.2, -0.15) is 0 Å². The van der Waals surface area contributed by atoms with Gasteiger partial charge >= 0.3 is 12.1 Å². The van der Waals surface area contributed by atoms with Crippen LogP contribution in [0.3, 0.4) is 0 Å². The number of pyridine rings is 2. The number of rotatable bonds is 12. The molecule has 6 aromatic rings. The summed E-state index contributed by atoms with van der Waals surface area (Å²) in [6.45, 7) is 12.0. The third-order valence-corrected chi connectivity index (χ3v) is 13.3. The van der Waals surface area contributed by atoms with Crippen molar-refractivity contribution in [2.75, 3.05) is 24.5 Å². The maximum atomic E-state index is 13.9. The van der Waals surface area contributed by atoms with Crippen molar-refractivity contribution >= 4 is 57.8 Å². The van der Waals surface area contributed by atoms with Gasteiger partial charge < -0.3 is 49.5 Å². The first-order chi connectivity index (χ1) is 32.4. The van der Waals surface area contributed by atoms with E-state index in [1.54, 1.807) is 87.5 Å². The second-order valence-electron chi connectivity index (χ2n) is 17.8. The van der Waals surface area contributed by atoms with Gasteiger partial charge in [0, 0.05) is 59.8 Å². The van der Waals surface area contributed by atoms with Gasteiger partial charge in [0.05, 0.1) is 45.9 Å². The van der Waals surface area contributed by atoms with Crippen molar-refractivity contribution in [3.8, 4) is 28.6 Å². The summed E-state index contributed by atoms with van der Waals surface area (Å²) in [5.74, 6) is -0.875. The van der Waals surface area contributed by atoms with E-state index in [1.807, 2.05) is 27.7 Å². The molecule has 18 heteroatoms. The van der Waals surface area contributed by atoms with Gasteiger partial charge in [0.15, 0.2) is 0 Å². The van der Waals surface area contributed by atoms with Gasteiger partial charge in [-0.15, -0.1) is 0 Å². The van der Waals surface area contributed by atoms with Crippen molar-refractivity contribution in [1.29, 1.82) is 5.41 Å². The second kappa shape index (κ2) is 18.2. The Kier molecular flexibility index (Phi) is 12.5. The van der Waals surface area contributed by atoms with Crippen LogP contribution in [-0.2, 0) is 46.0 Å². The molecule has 18 nitrogen and oxygen atoms in total. The van der Waals surface area contributed by atoms with Gasteiger partial charge in [-0.3, -0.25) is 19.8 Å². The fraction of sp³-hybridized carbons (Fsp3) is 0.340. The lowest BCUT2D eigenvalue weighted by Crippen LogP contribution is -2.56. The highest BCUT2D eigenvalue weighted by molar-refractivity contribution is 6.22. The van der Waals surface area contributed by atoms with Crippen molar-refractivity contribution in [2.45, 2.75) is 91.6 Å². The molecule has 5 heterocycles. The van der Waals surface area contributed by atoms with E-state index in [2.05, 4.69) is 0 Å². The second-order valence-corrected chi connectivity index (χ2v) is 17.8. The lowest BCUT2D eigenvalue weighted by Gasteiger charge is -2.39. The van der Waals surface area contributed by atoms with E-state index in [0.29, 0.717) is 57.5 Å². The van der Waals surface area contributed by atoms with Crippen LogP contribution in [0.15, 0.2) is 71.7 Å². The first-order valence-corrected chi connectivity index (χ1v) is 22.5. The molecule has 0 spiro atoms. The van der Waals surface area contributed by atoms with Crippen molar-refractivity contribution in [2.24, 2.45) is 5.73 Å². The van der Waals surface area contributed by atoms with Crippen molar-refractivity contribution in [1.82, 2.24) is 23.9 Å². The maximum absolute atomic E-state index is 13.9. The van der Waals surface area contributed by atoms with Crippen LogP contribution in [0.1, 0.15) is 87.3 Å². The highest BCUT2D eigenvalue weighted by Crippen LogP contribution is 2.40. The number of benzene rings is 3. The molecule has 0 saturated carbocycles. The maximum Gasteiger partial charge on any atom is 0.415 e. The van der Waals surface area contributed by atoms with Crippen LogP contribution in [0, 0.1) is 5.41 Å². The van der Waals surface area contributed by atoms with Gasteiger partial charge in [0.2, 0.25) is 5.91 Å². The summed E-state index contributed by atoms with van der Waals surface area (Å²) >= 11 is 0. The minimum atomic E-state index is -1.36. The largest absolute Gasteiger partial charge is 0.508 e. The Morgan fingerprint density at radius 2 is 1.79 bits per heavy atom. The lowest BCUT2D eigenvalue weighted by molar-refractivity contribution is -0.134. The number of nitrogens with zero attached hydrogens (tertiary/aromatic N) is 6. The number of carbonyl (C=O) groups is 4. The predicted molar refractivity (Wildman–Crippen MR) is 254 cm³/mol. The molecule has 3 aromatic heterocycles. The van der Waals surface area contributed by atoms with Crippen LogP contribution >= 0.6 is 0 Å². The van der Waals surface area contributed by atoms with Gasteiger partial charge in [0.1, 0.15) is 36.2 Å². The van der Waals surface area contributed by atoms with Crippen LogP contribution in [0.5, 0.6) is 17.2 Å². The first-order valence-electron chi connectivity index (χ1n) is 22.5. The summed E-state index contributed by atoms with van der Waals surface area (Å²) in [6, 6.07) is 15.0. The van der Waals surface area contributed by atoms with E-state index in [4.69, 9.17) is 25.6 Å². The number of amides is 4. The first kappa shape index (κ1) is 46.8. The molecule has 3 aromatic carbocycles. The Bertz CT molecular complexity index is 3120. The Labute approximate surface area is 391 Å². The minimum Gasteiger partial charge on any atom is -0.508 e. The number of aromatic nitrogens is 3. The number of urea groups is 1. The van der Waals surface area contributed by atoms with Gasteiger partial charge in [0.25, 0.3) is 12.0 Å². The van der Waals surface area contributed by atoms with E-state index >= 15 is 0 Å². The van der Waals surface area contributed by atoms with Crippen molar-refractivity contribution < 1.29 is 44.0 Å². The molecule has 354 valence electrons. The zero-order valence-corrected chi connectivity index (χ0v) is 38.7. The molecule has 0 aliphatic carbocycles. The topological polar surface area (TPSA) is 247 Å².